The summed E-state index contributed by atoms with van der Waals surface area (Å²) in [6.45, 7) is 5.06. The Morgan fingerprint density at radius 3 is 2.53 bits per heavy atom. The maximum absolute atomic E-state index is 13.3. The molecule has 1 aromatic carbocycles. The van der Waals surface area contributed by atoms with Gasteiger partial charge in [-0.2, -0.15) is 0 Å². The maximum atomic E-state index is 13.3. The maximum Gasteiger partial charge on any atom is 0.341 e. The number of halogens is 1. The molecule has 2 fully saturated rings. The Kier molecular flexibility index (Phi) is 7.51. The van der Waals surface area contributed by atoms with Gasteiger partial charge < -0.3 is 19.5 Å². The molecular weight excluding hydrogens is 435 g/mol. The molecule has 0 radical (unpaired) electrons. The van der Waals surface area contributed by atoms with Gasteiger partial charge in [0, 0.05) is 16.9 Å². The molecule has 0 saturated carbocycles. The summed E-state index contributed by atoms with van der Waals surface area (Å²) in [5.41, 5.74) is 1.59. The molecule has 32 heavy (non-hydrogen) atoms. The van der Waals surface area contributed by atoms with Gasteiger partial charge in [-0.15, -0.1) is 11.3 Å². The van der Waals surface area contributed by atoms with Crippen LogP contribution in [0.3, 0.4) is 0 Å². The van der Waals surface area contributed by atoms with Gasteiger partial charge in [-0.05, 0) is 50.6 Å². The minimum Gasteiger partial charge on any atom is -0.462 e. The van der Waals surface area contributed by atoms with Crippen LogP contribution in [-0.4, -0.2) is 62.5 Å². The van der Waals surface area contributed by atoms with Crippen molar-refractivity contribution in [1.82, 2.24) is 4.90 Å². The van der Waals surface area contributed by atoms with Crippen molar-refractivity contribution in [3.8, 4) is 11.1 Å². The molecule has 0 spiro atoms. The van der Waals surface area contributed by atoms with Crippen LogP contribution in [0.2, 0.25) is 0 Å². The first-order valence-electron chi connectivity index (χ1n) is 10.8. The van der Waals surface area contributed by atoms with E-state index in [-0.39, 0.29) is 31.2 Å². The summed E-state index contributed by atoms with van der Waals surface area (Å²) < 4.78 is 29.8. The van der Waals surface area contributed by atoms with E-state index >= 15 is 0 Å². The van der Waals surface area contributed by atoms with Crippen LogP contribution >= 0.6 is 11.3 Å². The second kappa shape index (κ2) is 10.5. The molecule has 1 N–H and O–H groups in total. The molecule has 3 heterocycles. The quantitative estimate of drug-likeness (QED) is 0.632. The lowest BCUT2D eigenvalue weighted by Gasteiger charge is -2.33. The SMILES string of the molecule is CCOC(=O)c1c(-c2ccc(F)cc2)csc1NC(=O)CN1CCC(C2OCCO2)CC1. The predicted octanol–water partition coefficient (Wildman–Crippen LogP) is 3.75. The second-order valence-electron chi connectivity index (χ2n) is 7.85. The van der Waals surface area contributed by atoms with Gasteiger partial charge in [0.05, 0.1) is 26.4 Å². The van der Waals surface area contributed by atoms with Crippen LogP contribution in [0, 0.1) is 11.7 Å². The Hall–Kier alpha value is -2.33. The summed E-state index contributed by atoms with van der Waals surface area (Å²) in [4.78, 5) is 27.5. The normalized spacial score (nSPS) is 18.1. The van der Waals surface area contributed by atoms with Crippen LogP contribution in [0.4, 0.5) is 9.39 Å². The lowest BCUT2D eigenvalue weighted by Crippen LogP contribution is -2.41. The molecule has 1 aromatic heterocycles. The largest absolute Gasteiger partial charge is 0.462 e. The number of piperidine rings is 1. The molecule has 9 heteroatoms. The van der Waals surface area contributed by atoms with Gasteiger partial charge in [0.15, 0.2) is 6.29 Å². The fraction of sp³-hybridized carbons (Fsp3) is 0.478. The van der Waals surface area contributed by atoms with Crippen molar-refractivity contribution in [1.29, 1.82) is 0 Å². The standard InChI is InChI=1S/C23H27FN2O5S/c1-2-29-22(28)20-18(15-3-5-17(24)6-4-15)14-32-21(20)25-19(27)13-26-9-7-16(8-10-26)23-30-11-12-31-23/h3-6,14,16,23H,2,7-13H2,1H3,(H,25,27). The highest BCUT2D eigenvalue weighted by molar-refractivity contribution is 7.15. The van der Waals surface area contributed by atoms with Crippen LogP contribution < -0.4 is 5.32 Å². The van der Waals surface area contributed by atoms with E-state index in [1.807, 2.05) is 0 Å². The number of hydrogen-bond donors (Lipinski definition) is 1. The average Bonchev–Trinajstić information content (AvgIpc) is 3.45. The number of carbonyl (C=O) groups excluding carboxylic acids is 2. The number of anilines is 1. The third-order valence-electron chi connectivity index (χ3n) is 5.71. The number of nitrogens with one attached hydrogen (secondary N) is 1. The fourth-order valence-corrected chi connectivity index (χ4v) is 5.07. The average molecular weight is 463 g/mol. The Balaban J connectivity index is 1.41. The Bertz CT molecular complexity index is 934. The van der Waals surface area contributed by atoms with Crippen LogP contribution in [0.25, 0.3) is 11.1 Å². The van der Waals surface area contributed by atoms with Crippen molar-refractivity contribution >= 4 is 28.2 Å². The molecule has 2 aromatic rings. The highest BCUT2D eigenvalue weighted by Crippen LogP contribution is 2.36. The molecule has 0 atom stereocenters. The van der Waals surface area contributed by atoms with Gasteiger partial charge in [0.2, 0.25) is 5.91 Å². The monoisotopic (exact) mass is 462 g/mol. The molecule has 172 valence electrons. The van der Waals surface area contributed by atoms with E-state index in [1.54, 1.807) is 24.4 Å². The molecule has 2 saturated heterocycles. The van der Waals surface area contributed by atoms with Crippen LogP contribution in [0.5, 0.6) is 0 Å². The van der Waals surface area contributed by atoms with Gasteiger partial charge in [0.1, 0.15) is 16.4 Å². The molecule has 0 unspecified atom stereocenters. The van der Waals surface area contributed by atoms with E-state index in [4.69, 9.17) is 14.2 Å². The fourth-order valence-electron chi connectivity index (χ4n) is 4.10. The van der Waals surface area contributed by atoms with E-state index in [0.29, 0.717) is 40.8 Å². The number of esters is 1. The van der Waals surface area contributed by atoms with E-state index in [2.05, 4.69) is 10.2 Å². The number of amides is 1. The number of carbonyl (C=O) groups is 2. The molecule has 4 rings (SSSR count). The van der Waals surface area contributed by atoms with Gasteiger partial charge >= 0.3 is 5.97 Å². The van der Waals surface area contributed by atoms with Crippen LogP contribution in [0.15, 0.2) is 29.6 Å². The second-order valence-corrected chi connectivity index (χ2v) is 8.73. The third kappa shape index (κ3) is 5.35. The number of hydrogen-bond acceptors (Lipinski definition) is 7. The summed E-state index contributed by atoms with van der Waals surface area (Å²) in [6.07, 6.45) is 1.72. The number of rotatable bonds is 7. The van der Waals surface area contributed by atoms with Gasteiger partial charge in [-0.1, -0.05) is 12.1 Å². The smallest absolute Gasteiger partial charge is 0.341 e. The minimum atomic E-state index is -0.513. The zero-order chi connectivity index (χ0) is 22.5. The summed E-state index contributed by atoms with van der Waals surface area (Å²) in [5.74, 6) is -0.691. The lowest BCUT2D eigenvalue weighted by atomic mass is 9.96. The van der Waals surface area contributed by atoms with E-state index in [0.717, 1.165) is 25.9 Å². The Labute approximate surface area is 190 Å². The van der Waals surface area contributed by atoms with Gasteiger partial charge in [-0.3, -0.25) is 9.69 Å². The van der Waals surface area contributed by atoms with Crippen molar-refractivity contribution in [2.24, 2.45) is 5.92 Å². The third-order valence-corrected chi connectivity index (χ3v) is 6.61. The Morgan fingerprint density at radius 2 is 1.88 bits per heavy atom. The molecule has 0 bridgehead atoms. The van der Waals surface area contributed by atoms with Crippen molar-refractivity contribution in [2.45, 2.75) is 26.1 Å². The minimum absolute atomic E-state index is 0.117. The molecule has 2 aliphatic heterocycles. The van der Waals surface area contributed by atoms with Gasteiger partial charge in [0.25, 0.3) is 0 Å². The van der Waals surface area contributed by atoms with Gasteiger partial charge in [-0.25, -0.2) is 9.18 Å². The summed E-state index contributed by atoms with van der Waals surface area (Å²) in [7, 11) is 0. The van der Waals surface area contributed by atoms with Crippen LogP contribution in [-0.2, 0) is 19.0 Å². The molecule has 0 aliphatic carbocycles. The molecular formula is C23H27FN2O5S. The van der Waals surface area contributed by atoms with Crippen LogP contribution in [0.1, 0.15) is 30.1 Å². The molecule has 1 amide bonds. The number of thiophene rings is 1. The highest BCUT2D eigenvalue weighted by Gasteiger charge is 2.31. The topological polar surface area (TPSA) is 77.1 Å². The van der Waals surface area contributed by atoms with E-state index < -0.39 is 5.97 Å². The van der Waals surface area contributed by atoms with Crippen molar-refractivity contribution in [3.63, 3.8) is 0 Å². The number of likely N-dealkylation sites (tertiary alicyclic amines) is 1. The molecule has 2 aliphatic rings. The zero-order valence-electron chi connectivity index (χ0n) is 18.0. The number of ether oxygens (including phenoxy) is 3. The van der Waals surface area contributed by atoms with Crippen molar-refractivity contribution in [3.05, 3.63) is 41.0 Å². The number of benzene rings is 1. The van der Waals surface area contributed by atoms with E-state index in [9.17, 15) is 14.0 Å². The van der Waals surface area contributed by atoms with Crippen molar-refractivity contribution < 1.29 is 28.2 Å². The summed E-state index contributed by atoms with van der Waals surface area (Å²) in [5, 5.41) is 5.10. The number of nitrogens with zero attached hydrogens (tertiary/aromatic N) is 1. The predicted molar refractivity (Wildman–Crippen MR) is 119 cm³/mol. The summed E-state index contributed by atoms with van der Waals surface area (Å²) in [6, 6.07) is 5.89. The summed E-state index contributed by atoms with van der Waals surface area (Å²) >= 11 is 1.26. The highest BCUT2D eigenvalue weighted by atomic mass is 32.1. The first-order chi connectivity index (χ1) is 15.5. The molecule has 7 nitrogen and oxygen atoms in total. The Morgan fingerprint density at radius 1 is 1.19 bits per heavy atom. The van der Waals surface area contributed by atoms with E-state index in [1.165, 1.54) is 23.5 Å². The zero-order valence-corrected chi connectivity index (χ0v) is 18.8. The first kappa shape index (κ1) is 22.8. The lowest BCUT2D eigenvalue weighted by molar-refractivity contribution is -0.119. The first-order valence-corrected chi connectivity index (χ1v) is 11.7. The van der Waals surface area contributed by atoms with Crippen molar-refractivity contribution in [2.75, 3.05) is 44.8 Å².